The van der Waals surface area contributed by atoms with Gasteiger partial charge in [0, 0.05) is 17.8 Å². The molecule has 0 atom stereocenters. The summed E-state index contributed by atoms with van der Waals surface area (Å²) in [6.45, 7) is 7.18. The van der Waals surface area contributed by atoms with Gasteiger partial charge < -0.3 is 5.32 Å². The van der Waals surface area contributed by atoms with Gasteiger partial charge in [0.25, 0.3) is 5.91 Å². The van der Waals surface area contributed by atoms with Crippen LogP contribution in [0.25, 0.3) is 0 Å². The van der Waals surface area contributed by atoms with Gasteiger partial charge in [0.2, 0.25) is 0 Å². The molecule has 6 nitrogen and oxygen atoms in total. The SMILES string of the molecule is CCCCNc1ccc(C(=O)Nc2ncc(N=O)s2)c(C(C)C)c1. The molecule has 0 radical (unpaired) electrons. The predicted molar refractivity (Wildman–Crippen MR) is 99.5 cm³/mol. The Morgan fingerprint density at radius 2 is 2.17 bits per heavy atom. The highest BCUT2D eigenvalue weighted by Crippen LogP contribution is 2.28. The first-order valence-corrected chi connectivity index (χ1v) is 8.85. The molecule has 2 N–H and O–H groups in total. The number of nitrogens with one attached hydrogen (secondary N) is 2. The van der Waals surface area contributed by atoms with Gasteiger partial charge in [-0.05, 0) is 41.3 Å². The lowest BCUT2D eigenvalue weighted by atomic mass is 9.96. The van der Waals surface area contributed by atoms with Crippen LogP contribution in [0, 0.1) is 4.91 Å². The van der Waals surface area contributed by atoms with Crippen molar-refractivity contribution in [3.63, 3.8) is 0 Å². The van der Waals surface area contributed by atoms with E-state index in [0.717, 1.165) is 42.0 Å². The van der Waals surface area contributed by atoms with Gasteiger partial charge in [-0.1, -0.05) is 38.5 Å². The number of anilines is 2. The monoisotopic (exact) mass is 346 g/mol. The molecule has 1 aromatic heterocycles. The van der Waals surface area contributed by atoms with Crippen LogP contribution in [0.3, 0.4) is 0 Å². The standard InChI is InChI=1S/C17H22N4O2S/c1-4-5-8-18-12-6-7-13(14(9-12)11(2)3)16(22)20-17-19-10-15(21-23)24-17/h6-7,9-11,18H,4-5,8H2,1-3H3,(H,19,20,22). The number of hydrogen-bond donors (Lipinski definition) is 2. The first-order chi connectivity index (χ1) is 11.5. The van der Waals surface area contributed by atoms with Crippen LogP contribution < -0.4 is 10.6 Å². The number of carbonyl (C=O) groups is 1. The van der Waals surface area contributed by atoms with E-state index in [2.05, 4.69) is 41.6 Å². The van der Waals surface area contributed by atoms with Gasteiger partial charge in [-0.3, -0.25) is 10.1 Å². The van der Waals surface area contributed by atoms with E-state index >= 15 is 0 Å². The molecule has 7 heteroatoms. The van der Waals surface area contributed by atoms with Crippen LogP contribution in [0.1, 0.15) is 55.5 Å². The highest BCUT2D eigenvalue weighted by atomic mass is 32.1. The summed E-state index contributed by atoms with van der Waals surface area (Å²) in [5.74, 6) is -0.0206. The Bertz CT molecular complexity index is 712. The number of nitrogens with zero attached hydrogens (tertiary/aromatic N) is 2. The number of thiazole rings is 1. The molecule has 0 aliphatic rings. The molecular weight excluding hydrogens is 324 g/mol. The van der Waals surface area contributed by atoms with Crippen molar-refractivity contribution in [1.82, 2.24) is 4.98 Å². The maximum Gasteiger partial charge on any atom is 0.257 e. The summed E-state index contributed by atoms with van der Waals surface area (Å²) in [6.07, 6.45) is 3.59. The lowest BCUT2D eigenvalue weighted by Gasteiger charge is -2.15. The Kier molecular flexibility index (Phi) is 6.43. The van der Waals surface area contributed by atoms with Crippen LogP contribution in [-0.4, -0.2) is 17.4 Å². The highest BCUT2D eigenvalue weighted by molar-refractivity contribution is 7.19. The fraction of sp³-hybridized carbons (Fsp3) is 0.412. The molecule has 0 unspecified atom stereocenters. The van der Waals surface area contributed by atoms with Crippen molar-refractivity contribution in [2.45, 2.75) is 39.5 Å². The number of nitroso groups, excluding NO2 is 1. The number of unbranched alkanes of at least 4 members (excludes halogenated alkanes) is 1. The maximum atomic E-state index is 12.5. The van der Waals surface area contributed by atoms with Crippen LogP contribution in [0.5, 0.6) is 0 Å². The lowest BCUT2D eigenvalue weighted by molar-refractivity contribution is 0.102. The summed E-state index contributed by atoms with van der Waals surface area (Å²) in [5.41, 5.74) is 2.60. The second-order valence-corrected chi connectivity index (χ2v) is 6.80. The number of amides is 1. The Morgan fingerprint density at radius 1 is 1.38 bits per heavy atom. The third kappa shape index (κ3) is 4.61. The molecule has 0 aliphatic carbocycles. The molecule has 2 rings (SSSR count). The Hall–Kier alpha value is -2.28. The second kappa shape index (κ2) is 8.54. The van der Waals surface area contributed by atoms with Gasteiger partial charge in [0.1, 0.15) is 0 Å². The first kappa shape index (κ1) is 18.1. The maximum absolute atomic E-state index is 12.5. The number of benzene rings is 1. The summed E-state index contributed by atoms with van der Waals surface area (Å²) in [7, 11) is 0. The molecule has 0 fully saturated rings. The van der Waals surface area contributed by atoms with E-state index in [9.17, 15) is 9.70 Å². The minimum Gasteiger partial charge on any atom is -0.385 e. The van der Waals surface area contributed by atoms with Gasteiger partial charge in [0.15, 0.2) is 10.1 Å². The lowest BCUT2D eigenvalue weighted by Crippen LogP contribution is -2.15. The van der Waals surface area contributed by atoms with Crippen molar-refractivity contribution in [3.05, 3.63) is 40.4 Å². The van der Waals surface area contributed by atoms with Crippen molar-refractivity contribution >= 4 is 33.1 Å². The molecule has 128 valence electrons. The summed E-state index contributed by atoms with van der Waals surface area (Å²) in [6, 6.07) is 5.76. The second-order valence-electron chi connectivity index (χ2n) is 5.79. The van der Waals surface area contributed by atoms with Crippen molar-refractivity contribution in [2.24, 2.45) is 5.18 Å². The third-order valence-electron chi connectivity index (χ3n) is 3.58. The van der Waals surface area contributed by atoms with Gasteiger partial charge >= 0.3 is 0 Å². The molecule has 24 heavy (non-hydrogen) atoms. The molecule has 1 heterocycles. The molecule has 0 bridgehead atoms. The van der Waals surface area contributed by atoms with Crippen LogP contribution in [0.4, 0.5) is 15.8 Å². The fourth-order valence-corrected chi connectivity index (χ4v) is 2.89. The topological polar surface area (TPSA) is 83.4 Å². The van der Waals surface area contributed by atoms with Crippen LogP contribution in [0.15, 0.2) is 29.6 Å². The summed E-state index contributed by atoms with van der Waals surface area (Å²) < 4.78 is 0. The quantitative estimate of drug-likeness (QED) is 0.513. The molecule has 0 spiro atoms. The molecule has 2 aromatic rings. The van der Waals surface area contributed by atoms with Crippen LogP contribution in [0.2, 0.25) is 0 Å². The molecule has 0 saturated carbocycles. The zero-order valence-electron chi connectivity index (χ0n) is 14.1. The minimum absolute atomic E-state index is 0.210. The average molecular weight is 346 g/mol. The highest BCUT2D eigenvalue weighted by Gasteiger charge is 2.16. The zero-order chi connectivity index (χ0) is 17.5. The summed E-state index contributed by atoms with van der Waals surface area (Å²) >= 11 is 1.05. The molecule has 0 aliphatic heterocycles. The van der Waals surface area contributed by atoms with Crippen molar-refractivity contribution in [1.29, 1.82) is 0 Å². The number of aromatic nitrogens is 1. The van der Waals surface area contributed by atoms with Crippen molar-refractivity contribution in [2.75, 3.05) is 17.2 Å². The summed E-state index contributed by atoms with van der Waals surface area (Å²) in [5, 5.41) is 9.53. The van der Waals surface area contributed by atoms with Gasteiger partial charge in [-0.25, -0.2) is 4.98 Å². The van der Waals surface area contributed by atoms with E-state index in [-0.39, 0.29) is 16.8 Å². The normalized spacial score (nSPS) is 10.7. The Balaban J connectivity index is 2.17. The number of carbonyl (C=O) groups excluding carboxylic acids is 1. The van der Waals surface area contributed by atoms with Crippen LogP contribution >= 0.6 is 11.3 Å². The zero-order valence-corrected chi connectivity index (χ0v) is 14.9. The molecule has 0 saturated heterocycles. The van der Waals surface area contributed by atoms with E-state index in [1.54, 1.807) is 0 Å². The number of rotatable bonds is 8. The predicted octanol–water partition coefficient (Wildman–Crippen LogP) is 5.13. The summed E-state index contributed by atoms with van der Waals surface area (Å²) in [4.78, 5) is 27.0. The van der Waals surface area contributed by atoms with E-state index < -0.39 is 0 Å². The smallest absolute Gasteiger partial charge is 0.257 e. The third-order valence-corrected chi connectivity index (χ3v) is 4.37. The van der Waals surface area contributed by atoms with Gasteiger partial charge in [-0.2, -0.15) is 0 Å². The average Bonchev–Trinajstić information content (AvgIpc) is 3.02. The number of hydrogen-bond acceptors (Lipinski definition) is 6. The van der Waals surface area contributed by atoms with E-state index in [0.29, 0.717) is 10.7 Å². The van der Waals surface area contributed by atoms with Crippen LogP contribution in [-0.2, 0) is 0 Å². The van der Waals surface area contributed by atoms with E-state index in [4.69, 9.17) is 0 Å². The minimum atomic E-state index is -0.231. The fourth-order valence-electron chi connectivity index (χ4n) is 2.30. The van der Waals surface area contributed by atoms with Gasteiger partial charge in [-0.15, -0.1) is 4.91 Å². The molecular formula is C17H22N4O2S. The largest absolute Gasteiger partial charge is 0.385 e. The van der Waals surface area contributed by atoms with Crippen molar-refractivity contribution < 1.29 is 4.79 Å². The van der Waals surface area contributed by atoms with Gasteiger partial charge in [0.05, 0.1) is 6.20 Å². The van der Waals surface area contributed by atoms with E-state index in [1.807, 2.05) is 18.2 Å². The van der Waals surface area contributed by atoms with E-state index in [1.165, 1.54) is 6.20 Å². The Labute approximate surface area is 145 Å². The molecule has 1 aromatic carbocycles. The Morgan fingerprint density at radius 3 is 2.79 bits per heavy atom. The molecule has 1 amide bonds. The van der Waals surface area contributed by atoms with Crippen molar-refractivity contribution in [3.8, 4) is 0 Å². The first-order valence-electron chi connectivity index (χ1n) is 8.03.